The molecule has 0 amide bonds. The van der Waals surface area contributed by atoms with Crippen LogP contribution in [0.25, 0.3) is 6.08 Å². The van der Waals surface area contributed by atoms with E-state index in [0.717, 1.165) is 27.8 Å². The zero-order chi connectivity index (χ0) is 14.6. The van der Waals surface area contributed by atoms with Crippen molar-refractivity contribution < 1.29 is 9.53 Å². The average Bonchev–Trinajstić information content (AvgIpc) is 2.37. The third kappa shape index (κ3) is 3.23. The van der Waals surface area contributed by atoms with Crippen LogP contribution in [0.3, 0.4) is 0 Å². The van der Waals surface area contributed by atoms with Crippen LogP contribution in [0.15, 0.2) is 11.6 Å². The van der Waals surface area contributed by atoms with E-state index < -0.39 is 5.97 Å². The van der Waals surface area contributed by atoms with Gasteiger partial charge in [0.2, 0.25) is 0 Å². The lowest BCUT2D eigenvalue weighted by atomic mass is 9.93. The summed E-state index contributed by atoms with van der Waals surface area (Å²) in [6.45, 7) is 10.0. The molecule has 1 aromatic carbocycles. The standard InChI is InChI=1S/C16H19NO2/c1-6-19-16(18)14(9-17)8-15-12(4)10(2)7-11(3)13(15)5/h7-8H,6H2,1-5H3. The molecule has 0 heterocycles. The Labute approximate surface area is 114 Å². The van der Waals surface area contributed by atoms with Gasteiger partial charge in [-0.15, -0.1) is 0 Å². The summed E-state index contributed by atoms with van der Waals surface area (Å²) in [6.07, 6.45) is 1.63. The predicted octanol–water partition coefficient (Wildman–Crippen LogP) is 3.39. The molecule has 100 valence electrons. The highest BCUT2D eigenvalue weighted by atomic mass is 16.5. The van der Waals surface area contributed by atoms with Crippen LogP contribution < -0.4 is 0 Å². The van der Waals surface area contributed by atoms with Gasteiger partial charge in [0.15, 0.2) is 0 Å². The number of carbonyl (C=O) groups excluding carboxylic acids is 1. The van der Waals surface area contributed by atoms with Gasteiger partial charge in [-0.2, -0.15) is 5.26 Å². The minimum Gasteiger partial charge on any atom is -0.462 e. The van der Waals surface area contributed by atoms with Crippen LogP contribution in [0.1, 0.15) is 34.7 Å². The molecule has 0 fully saturated rings. The first-order chi connectivity index (χ1) is 8.92. The average molecular weight is 257 g/mol. The zero-order valence-electron chi connectivity index (χ0n) is 12.1. The molecule has 3 nitrogen and oxygen atoms in total. The summed E-state index contributed by atoms with van der Waals surface area (Å²) in [6, 6.07) is 4.02. The molecule has 0 aliphatic carbocycles. The maximum absolute atomic E-state index is 11.7. The fourth-order valence-corrected chi connectivity index (χ4v) is 1.95. The van der Waals surface area contributed by atoms with E-state index in [2.05, 4.69) is 6.07 Å². The first-order valence-corrected chi connectivity index (χ1v) is 6.28. The Hall–Kier alpha value is -2.08. The van der Waals surface area contributed by atoms with Crippen molar-refractivity contribution in [1.29, 1.82) is 5.26 Å². The van der Waals surface area contributed by atoms with Crippen molar-refractivity contribution in [2.24, 2.45) is 0 Å². The summed E-state index contributed by atoms with van der Waals surface area (Å²) in [7, 11) is 0. The molecule has 1 rings (SSSR count). The summed E-state index contributed by atoms with van der Waals surface area (Å²) in [5.41, 5.74) is 5.44. The van der Waals surface area contributed by atoms with Crippen molar-refractivity contribution in [1.82, 2.24) is 0 Å². The van der Waals surface area contributed by atoms with Crippen LogP contribution in [0.2, 0.25) is 0 Å². The van der Waals surface area contributed by atoms with E-state index in [-0.39, 0.29) is 12.2 Å². The summed E-state index contributed by atoms with van der Waals surface area (Å²) >= 11 is 0. The van der Waals surface area contributed by atoms with Gasteiger partial charge in [-0.25, -0.2) is 4.79 Å². The first-order valence-electron chi connectivity index (χ1n) is 6.28. The molecule has 0 unspecified atom stereocenters. The Balaban J connectivity index is 3.38. The molecule has 3 heteroatoms. The summed E-state index contributed by atoms with van der Waals surface area (Å²) < 4.78 is 4.88. The van der Waals surface area contributed by atoms with Crippen molar-refractivity contribution in [2.75, 3.05) is 6.61 Å². The van der Waals surface area contributed by atoms with Gasteiger partial charge in [0.1, 0.15) is 11.6 Å². The summed E-state index contributed by atoms with van der Waals surface area (Å²) in [5.74, 6) is -0.567. The molecule has 0 aromatic heterocycles. The second-order valence-corrected chi connectivity index (χ2v) is 4.56. The Morgan fingerprint density at radius 1 is 1.26 bits per heavy atom. The maximum Gasteiger partial charge on any atom is 0.348 e. The number of hydrogen-bond donors (Lipinski definition) is 0. The van der Waals surface area contributed by atoms with E-state index in [0.29, 0.717) is 0 Å². The number of nitrogens with zero attached hydrogens (tertiary/aromatic N) is 1. The molecule has 0 aliphatic heterocycles. The van der Waals surface area contributed by atoms with Crippen LogP contribution in [0, 0.1) is 39.0 Å². The van der Waals surface area contributed by atoms with E-state index in [9.17, 15) is 4.79 Å². The highest BCUT2D eigenvalue weighted by Gasteiger charge is 2.13. The zero-order valence-corrected chi connectivity index (χ0v) is 12.1. The molecule has 1 aromatic rings. The Morgan fingerprint density at radius 3 is 2.21 bits per heavy atom. The number of benzene rings is 1. The Kier molecular flexibility index (Phi) is 4.88. The van der Waals surface area contributed by atoms with Gasteiger partial charge in [-0.1, -0.05) is 6.07 Å². The van der Waals surface area contributed by atoms with Gasteiger partial charge in [0, 0.05) is 0 Å². The molecule has 0 radical (unpaired) electrons. The van der Waals surface area contributed by atoms with E-state index in [4.69, 9.17) is 10.00 Å². The van der Waals surface area contributed by atoms with Gasteiger partial charge in [0.25, 0.3) is 0 Å². The first kappa shape index (κ1) is 15.0. The number of carbonyl (C=O) groups is 1. The smallest absolute Gasteiger partial charge is 0.348 e. The number of hydrogen-bond acceptors (Lipinski definition) is 3. The quantitative estimate of drug-likeness (QED) is 0.474. The van der Waals surface area contributed by atoms with Crippen molar-refractivity contribution >= 4 is 12.0 Å². The van der Waals surface area contributed by atoms with E-state index in [1.807, 2.05) is 33.8 Å². The summed E-state index contributed by atoms with van der Waals surface area (Å²) in [4.78, 5) is 11.7. The monoisotopic (exact) mass is 257 g/mol. The second kappa shape index (κ2) is 6.19. The number of ether oxygens (including phenoxy) is 1. The number of nitriles is 1. The minimum absolute atomic E-state index is 0.0399. The van der Waals surface area contributed by atoms with Crippen LogP contribution >= 0.6 is 0 Å². The summed E-state index contributed by atoms with van der Waals surface area (Å²) in [5, 5.41) is 9.09. The van der Waals surface area contributed by atoms with Gasteiger partial charge >= 0.3 is 5.97 Å². The van der Waals surface area contributed by atoms with E-state index >= 15 is 0 Å². The van der Waals surface area contributed by atoms with Crippen LogP contribution in [-0.4, -0.2) is 12.6 Å². The second-order valence-electron chi connectivity index (χ2n) is 4.56. The molecule has 0 spiro atoms. The highest BCUT2D eigenvalue weighted by Crippen LogP contribution is 2.24. The molecule has 19 heavy (non-hydrogen) atoms. The lowest BCUT2D eigenvalue weighted by molar-refractivity contribution is -0.137. The van der Waals surface area contributed by atoms with Gasteiger partial charge in [0.05, 0.1) is 6.61 Å². The number of esters is 1. The predicted molar refractivity (Wildman–Crippen MR) is 75.6 cm³/mol. The fraction of sp³-hybridized carbons (Fsp3) is 0.375. The van der Waals surface area contributed by atoms with Gasteiger partial charge in [-0.05, 0) is 68.5 Å². The Bertz CT molecular complexity index is 551. The van der Waals surface area contributed by atoms with Crippen molar-refractivity contribution in [3.05, 3.63) is 39.5 Å². The van der Waals surface area contributed by atoms with E-state index in [1.54, 1.807) is 13.0 Å². The largest absolute Gasteiger partial charge is 0.462 e. The normalized spacial score (nSPS) is 11.1. The number of aryl methyl sites for hydroxylation is 2. The minimum atomic E-state index is -0.567. The van der Waals surface area contributed by atoms with Crippen LogP contribution in [0.5, 0.6) is 0 Å². The molecule has 0 saturated heterocycles. The van der Waals surface area contributed by atoms with Crippen molar-refractivity contribution in [3.63, 3.8) is 0 Å². The van der Waals surface area contributed by atoms with Gasteiger partial charge in [-0.3, -0.25) is 0 Å². The van der Waals surface area contributed by atoms with Crippen molar-refractivity contribution in [3.8, 4) is 6.07 Å². The number of rotatable bonds is 3. The van der Waals surface area contributed by atoms with Crippen LogP contribution in [0.4, 0.5) is 0 Å². The lowest BCUT2D eigenvalue weighted by Crippen LogP contribution is -2.06. The van der Waals surface area contributed by atoms with E-state index in [1.165, 1.54) is 0 Å². The maximum atomic E-state index is 11.7. The molecule has 0 atom stereocenters. The van der Waals surface area contributed by atoms with Crippen LogP contribution in [-0.2, 0) is 9.53 Å². The fourth-order valence-electron chi connectivity index (χ4n) is 1.95. The molecule has 0 aliphatic rings. The molecule has 0 N–H and O–H groups in total. The molecular formula is C16H19NO2. The molecule has 0 saturated carbocycles. The SMILES string of the molecule is CCOC(=O)C(C#N)=Cc1c(C)c(C)cc(C)c1C. The topological polar surface area (TPSA) is 50.1 Å². The van der Waals surface area contributed by atoms with Gasteiger partial charge < -0.3 is 4.74 Å². The highest BCUT2D eigenvalue weighted by molar-refractivity contribution is 5.98. The third-order valence-corrected chi connectivity index (χ3v) is 3.33. The lowest BCUT2D eigenvalue weighted by Gasteiger charge is -2.12. The molecular weight excluding hydrogens is 238 g/mol. The van der Waals surface area contributed by atoms with Crippen molar-refractivity contribution in [2.45, 2.75) is 34.6 Å². The molecule has 0 bridgehead atoms. The third-order valence-electron chi connectivity index (χ3n) is 3.33. The Morgan fingerprint density at radius 2 is 1.79 bits per heavy atom.